The van der Waals surface area contributed by atoms with Gasteiger partial charge in [-0.2, -0.15) is 0 Å². The van der Waals surface area contributed by atoms with E-state index in [1.807, 2.05) is 38.1 Å². The zero-order chi connectivity index (χ0) is 16.8. The van der Waals surface area contributed by atoms with Gasteiger partial charge < -0.3 is 0 Å². The molecule has 0 bridgehead atoms. The molecule has 0 amide bonds. The summed E-state index contributed by atoms with van der Waals surface area (Å²) >= 11 is 6.11. The molecular formula is C20H22ClFO. The number of hydrogen-bond acceptors (Lipinski definition) is 1. The summed E-state index contributed by atoms with van der Waals surface area (Å²) in [6.07, 6.45) is 2.09. The van der Waals surface area contributed by atoms with Crippen molar-refractivity contribution in [3.05, 3.63) is 70.5 Å². The molecule has 0 unspecified atom stereocenters. The molecule has 122 valence electrons. The van der Waals surface area contributed by atoms with Crippen LogP contribution in [0.15, 0.2) is 48.5 Å². The second-order valence-corrected chi connectivity index (χ2v) is 6.68. The molecule has 0 N–H and O–H groups in total. The first-order valence-corrected chi connectivity index (χ1v) is 8.36. The van der Waals surface area contributed by atoms with E-state index in [0.29, 0.717) is 11.4 Å². The molecule has 0 radical (unpaired) electrons. The van der Waals surface area contributed by atoms with Crippen LogP contribution in [-0.2, 0) is 11.2 Å². The van der Waals surface area contributed by atoms with Crippen LogP contribution in [0.25, 0.3) is 0 Å². The summed E-state index contributed by atoms with van der Waals surface area (Å²) in [6, 6.07) is 14.3. The van der Waals surface area contributed by atoms with Crippen LogP contribution in [0.3, 0.4) is 0 Å². The third-order valence-electron chi connectivity index (χ3n) is 4.10. The van der Waals surface area contributed by atoms with Crippen molar-refractivity contribution in [1.29, 1.82) is 0 Å². The highest BCUT2D eigenvalue weighted by molar-refractivity contribution is 6.30. The fraction of sp³-hybridized carbons (Fsp3) is 0.350. The maximum absolute atomic E-state index is 13.1. The molecule has 0 aromatic heterocycles. The highest BCUT2D eigenvalue weighted by Crippen LogP contribution is 2.28. The fourth-order valence-corrected chi connectivity index (χ4v) is 2.86. The Morgan fingerprint density at radius 2 is 1.83 bits per heavy atom. The number of carbonyl (C=O) groups excluding carboxylic acids is 1. The van der Waals surface area contributed by atoms with Gasteiger partial charge in [-0.25, -0.2) is 4.39 Å². The Kier molecular flexibility index (Phi) is 6.35. The molecule has 0 aliphatic heterocycles. The molecule has 3 heteroatoms. The predicted octanol–water partition coefficient (Wildman–Crippen LogP) is 5.81. The molecule has 0 fully saturated rings. The van der Waals surface area contributed by atoms with Crippen LogP contribution < -0.4 is 0 Å². The van der Waals surface area contributed by atoms with Crippen molar-refractivity contribution >= 4 is 17.4 Å². The zero-order valence-electron chi connectivity index (χ0n) is 13.6. The SMILES string of the molecule is CC(C)C(=O)CC[C@@H](Cc1ccc(F)cc1)c1cccc(Cl)c1. The van der Waals surface area contributed by atoms with E-state index in [4.69, 9.17) is 11.6 Å². The van der Waals surface area contributed by atoms with Gasteiger partial charge >= 0.3 is 0 Å². The van der Waals surface area contributed by atoms with Gasteiger partial charge in [-0.05, 0) is 54.2 Å². The second kappa shape index (κ2) is 8.26. The molecule has 2 rings (SSSR count). The van der Waals surface area contributed by atoms with E-state index in [1.54, 1.807) is 12.1 Å². The first kappa shape index (κ1) is 17.7. The summed E-state index contributed by atoms with van der Waals surface area (Å²) in [7, 11) is 0. The van der Waals surface area contributed by atoms with Gasteiger partial charge in [0, 0.05) is 17.4 Å². The number of ketones is 1. The van der Waals surface area contributed by atoms with Crippen molar-refractivity contribution < 1.29 is 9.18 Å². The monoisotopic (exact) mass is 332 g/mol. The normalized spacial score (nSPS) is 12.4. The number of rotatable bonds is 7. The molecule has 0 aliphatic rings. The lowest BCUT2D eigenvalue weighted by atomic mass is 9.86. The smallest absolute Gasteiger partial charge is 0.135 e. The molecule has 2 aromatic carbocycles. The van der Waals surface area contributed by atoms with E-state index in [2.05, 4.69) is 0 Å². The third kappa shape index (κ3) is 5.47. The highest BCUT2D eigenvalue weighted by Gasteiger charge is 2.16. The van der Waals surface area contributed by atoms with Crippen LogP contribution in [0.5, 0.6) is 0 Å². The topological polar surface area (TPSA) is 17.1 Å². The van der Waals surface area contributed by atoms with Crippen LogP contribution in [-0.4, -0.2) is 5.78 Å². The summed E-state index contributed by atoms with van der Waals surface area (Å²) in [5, 5.41) is 0.696. The van der Waals surface area contributed by atoms with Gasteiger partial charge in [0.15, 0.2) is 0 Å². The van der Waals surface area contributed by atoms with Crippen molar-refractivity contribution in [2.75, 3.05) is 0 Å². The lowest BCUT2D eigenvalue weighted by Gasteiger charge is -2.18. The van der Waals surface area contributed by atoms with Gasteiger partial charge in [-0.1, -0.05) is 49.7 Å². The van der Waals surface area contributed by atoms with Crippen LogP contribution in [0.4, 0.5) is 4.39 Å². The van der Waals surface area contributed by atoms with Gasteiger partial charge in [-0.15, -0.1) is 0 Å². The second-order valence-electron chi connectivity index (χ2n) is 6.24. The Labute approximate surface area is 142 Å². The maximum atomic E-state index is 13.1. The molecule has 0 saturated carbocycles. The average molecular weight is 333 g/mol. The average Bonchev–Trinajstić information content (AvgIpc) is 2.52. The van der Waals surface area contributed by atoms with Crippen LogP contribution in [0.2, 0.25) is 5.02 Å². The molecule has 2 aromatic rings. The van der Waals surface area contributed by atoms with Gasteiger partial charge in [0.1, 0.15) is 11.6 Å². The van der Waals surface area contributed by atoms with E-state index < -0.39 is 0 Å². The Morgan fingerprint density at radius 1 is 1.13 bits per heavy atom. The van der Waals surface area contributed by atoms with E-state index in [0.717, 1.165) is 24.0 Å². The van der Waals surface area contributed by atoms with E-state index in [1.165, 1.54) is 12.1 Å². The maximum Gasteiger partial charge on any atom is 0.135 e. The lowest BCUT2D eigenvalue weighted by molar-refractivity contribution is -0.122. The predicted molar refractivity (Wildman–Crippen MR) is 93.4 cm³/mol. The Morgan fingerprint density at radius 3 is 2.43 bits per heavy atom. The molecule has 0 heterocycles. The van der Waals surface area contributed by atoms with E-state index in [9.17, 15) is 9.18 Å². The molecule has 1 nitrogen and oxygen atoms in total. The van der Waals surface area contributed by atoms with Crippen molar-refractivity contribution in [1.82, 2.24) is 0 Å². The van der Waals surface area contributed by atoms with Crippen molar-refractivity contribution in [2.45, 2.75) is 39.0 Å². The summed E-state index contributed by atoms with van der Waals surface area (Å²) in [5.41, 5.74) is 2.19. The number of hydrogen-bond donors (Lipinski definition) is 0. The fourth-order valence-electron chi connectivity index (χ4n) is 2.66. The largest absolute Gasteiger partial charge is 0.299 e. The molecule has 23 heavy (non-hydrogen) atoms. The number of benzene rings is 2. The number of carbonyl (C=O) groups is 1. The molecular weight excluding hydrogens is 311 g/mol. The standard InChI is InChI=1S/C20H22ClFO/c1-14(2)20(23)11-8-17(16-4-3-5-18(21)13-16)12-15-6-9-19(22)10-7-15/h3-7,9-10,13-14,17H,8,11-12H2,1-2H3/t17-/m0/s1. The zero-order valence-corrected chi connectivity index (χ0v) is 14.3. The minimum Gasteiger partial charge on any atom is -0.299 e. The van der Waals surface area contributed by atoms with E-state index >= 15 is 0 Å². The van der Waals surface area contributed by atoms with Crippen molar-refractivity contribution in [3.63, 3.8) is 0 Å². The lowest BCUT2D eigenvalue weighted by Crippen LogP contribution is -2.11. The van der Waals surface area contributed by atoms with Crippen LogP contribution in [0, 0.1) is 11.7 Å². The Balaban J connectivity index is 2.16. The quantitative estimate of drug-likeness (QED) is 0.625. The highest BCUT2D eigenvalue weighted by atomic mass is 35.5. The minimum absolute atomic E-state index is 0.0563. The number of Topliss-reactive ketones (excluding diaryl/α,β-unsaturated/α-hetero) is 1. The summed E-state index contributed by atoms with van der Waals surface area (Å²) in [4.78, 5) is 12.0. The molecule has 0 spiro atoms. The van der Waals surface area contributed by atoms with Gasteiger partial charge in [0.05, 0.1) is 0 Å². The molecule has 0 saturated heterocycles. The van der Waals surface area contributed by atoms with Crippen molar-refractivity contribution in [3.8, 4) is 0 Å². The van der Waals surface area contributed by atoms with Gasteiger partial charge in [0.2, 0.25) is 0 Å². The van der Waals surface area contributed by atoms with Crippen molar-refractivity contribution in [2.24, 2.45) is 5.92 Å². The summed E-state index contributed by atoms with van der Waals surface area (Å²) in [5.74, 6) is 0.293. The summed E-state index contributed by atoms with van der Waals surface area (Å²) < 4.78 is 13.1. The van der Waals surface area contributed by atoms with Crippen LogP contribution in [0.1, 0.15) is 43.7 Å². The molecule has 0 aliphatic carbocycles. The molecule has 1 atom stereocenters. The minimum atomic E-state index is -0.233. The van der Waals surface area contributed by atoms with E-state index in [-0.39, 0.29) is 23.4 Å². The Hall–Kier alpha value is -1.67. The van der Waals surface area contributed by atoms with Gasteiger partial charge in [0.25, 0.3) is 0 Å². The Bertz CT molecular complexity index is 649. The first-order chi connectivity index (χ1) is 11.0. The summed E-state index contributed by atoms with van der Waals surface area (Å²) in [6.45, 7) is 3.85. The van der Waals surface area contributed by atoms with Crippen LogP contribution >= 0.6 is 11.6 Å². The number of halogens is 2. The first-order valence-electron chi connectivity index (χ1n) is 7.98. The third-order valence-corrected chi connectivity index (χ3v) is 4.33. The van der Waals surface area contributed by atoms with Gasteiger partial charge in [-0.3, -0.25) is 4.79 Å².